The summed E-state index contributed by atoms with van der Waals surface area (Å²) in [5.41, 5.74) is 13.6. The van der Waals surface area contributed by atoms with Gasteiger partial charge in [-0.1, -0.05) is 0 Å². The topological polar surface area (TPSA) is 64.1 Å². The van der Waals surface area contributed by atoms with E-state index in [-0.39, 0.29) is 5.11 Å². The van der Waals surface area contributed by atoms with Crippen LogP contribution in [0.1, 0.15) is 5.56 Å². The van der Waals surface area contributed by atoms with Crippen molar-refractivity contribution >= 4 is 28.7 Å². The van der Waals surface area contributed by atoms with Gasteiger partial charge in [0, 0.05) is 11.4 Å². The molecule has 0 amide bonds. The zero-order valence-corrected chi connectivity index (χ0v) is 7.61. The summed E-state index contributed by atoms with van der Waals surface area (Å²) in [7, 11) is 0. The van der Waals surface area contributed by atoms with Gasteiger partial charge < -0.3 is 16.8 Å². The Bertz CT molecular complexity index is 309. The van der Waals surface area contributed by atoms with Crippen LogP contribution in [0.3, 0.4) is 0 Å². The van der Waals surface area contributed by atoms with Crippen molar-refractivity contribution in [2.45, 2.75) is 6.92 Å². The lowest BCUT2D eigenvalue weighted by atomic mass is 10.2. The van der Waals surface area contributed by atoms with Crippen molar-refractivity contribution in [2.24, 2.45) is 5.73 Å². The molecule has 1 aromatic rings. The van der Waals surface area contributed by atoms with E-state index in [2.05, 4.69) is 17.5 Å². The average Bonchev–Trinajstić information content (AvgIpc) is 1.96. The van der Waals surface area contributed by atoms with Gasteiger partial charge in [-0.15, -0.1) is 0 Å². The average molecular weight is 181 g/mol. The maximum Gasteiger partial charge on any atom is 0.168 e. The maximum absolute atomic E-state index is 5.63. The number of hydrogen-bond acceptors (Lipinski definition) is 2. The smallest absolute Gasteiger partial charge is 0.168 e. The zero-order valence-electron chi connectivity index (χ0n) is 6.79. The van der Waals surface area contributed by atoms with E-state index in [0.29, 0.717) is 0 Å². The third-order valence-electron chi connectivity index (χ3n) is 1.54. The molecule has 0 bridgehead atoms. The zero-order chi connectivity index (χ0) is 9.14. The van der Waals surface area contributed by atoms with Crippen molar-refractivity contribution in [1.29, 1.82) is 0 Å². The molecule has 1 aromatic carbocycles. The van der Waals surface area contributed by atoms with Crippen LogP contribution in [0.4, 0.5) is 11.4 Å². The number of anilines is 2. The highest BCUT2D eigenvalue weighted by Gasteiger charge is 1.96. The molecule has 64 valence electrons. The third kappa shape index (κ3) is 2.10. The number of hydrogen-bond donors (Lipinski definition) is 3. The van der Waals surface area contributed by atoms with Crippen molar-refractivity contribution in [3.05, 3.63) is 23.8 Å². The van der Waals surface area contributed by atoms with Crippen LogP contribution in [0.15, 0.2) is 18.2 Å². The van der Waals surface area contributed by atoms with E-state index in [1.165, 1.54) is 0 Å². The van der Waals surface area contributed by atoms with Crippen LogP contribution < -0.4 is 16.8 Å². The molecule has 5 N–H and O–H groups in total. The summed E-state index contributed by atoms with van der Waals surface area (Å²) in [5.74, 6) is 0. The predicted octanol–water partition coefficient (Wildman–Crippen LogP) is 1.23. The van der Waals surface area contributed by atoms with Crippen LogP contribution in [0, 0.1) is 6.92 Å². The van der Waals surface area contributed by atoms with Crippen LogP contribution in [0.25, 0.3) is 0 Å². The number of nitrogens with two attached hydrogens (primary N) is 2. The Kier molecular flexibility index (Phi) is 2.50. The van der Waals surface area contributed by atoms with Gasteiger partial charge in [0.25, 0.3) is 0 Å². The summed E-state index contributed by atoms with van der Waals surface area (Å²) >= 11 is 4.69. The summed E-state index contributed by atoms with van der Waals surface area (Å²) < 4.78 is 0. The lowest BCUT2D eigenvalue weighted by molar-refractivity contribution is 1.46. The molecule has 12 heavy (non-hydrogen) atoms. The predicted molar refractivity (Wildman–Crippen MR) is 56.0 cm³/mol. The Morgan fingerprint density at radius 3 is 2.67 bits per heavy atom. The minimum Gasteiger partial charge on any atom is -0.399 e. The minimum atomic E-state index is 0.263. The molecule has 0 saturated carbocycles. The number of nitrogens with one attached hydrogen (secondary N) is 1. The Labute approximate surface area is 76.7 Å². The van der Waals surface area contributed by atoms with Crippen LogP contribution in [0.2, 0.25) is 0 Å². The first kappa shape index (κ1) is 8.80. The minimum absolute atomic E-state index is 0.263. The van der Waals surface area contributed by atoms with Gasteiger partial charge in [0.15, 0.2) is 5.11 Å². The maximum atomic E-state index is 5.63. The molecule has 0 spiro atoms. The summed E-state index contributed by atoms with van der Waals surface area (Å²) in [6, 6.07) is 5.55. The van der Waals surface area contributed by atoms with Gasteiger partial charge in [-0.2, -0.15) is 0 Å². The molecule has 0 saturated heterocycles. The molecule has 4 heteroatoms. The Morgan fingerprint density at radius 2 is 2.17 bits per heavy atom. The van der Waals surface area contributed by atoms with Crippen molar-refractivity contribution in [2.75, 3.05) is 11.1 Å². The molecule has 0 atom stereocenters. The van der Waals surface area contributed by atoms with Crippen LogP contribution in [-0.2, 0) is 0 Å². The first-order valence-corrected chi connectivity index (χ1v) is 3.93. The SMILES string of the molecule is Cc1cc(NC(N)=S)ccc1N. The molecule has 0 heterocycles. The summed E-state index contributed by atoms with van der Waals surface area (Å²) in [5, 5.41) is 3.09. The van der Waals surface area contributed by atoms with Gasteiger partial charge in [0.05, 0.1) is 0 Å². The molecule has 0 radical (unpaired) electrons. The third-order valence-corrected chi connectivity index (χ3v) is 1.64. The van der Waals surface area contributed by atoms with Crippen molar-refractivity contribution in [3.8, 4) is 0 Å². The van der Waals surface area contributed by atoms with Crippen molar-refractivity contribution in [3.63, 3.8) is 0 Å². The van der Waals surface area contributed by atoms with E-state index >= 15 is 0 Å². The summed E-state index contributed by atoms with van der Waals surface area (Å²) in [4.78, 5) is 0. The van der Waals surface area contributed by atoms with E-state index in [1.54, 1.807) is 0 Å². The molecule has 0 aliphatic rings. The van der Waals surface area contributed by atoms with Crippen molar-refractivity contribution in [1.82, 2.24) is 0 Å². The molecule has 0 aliphatic carbocycles. The summed E-state index contributed by atoms with van der Waals surface area (Å²) in [6.07, 6.45) is 0. The molecule has 0 aliphatic heterocycles. The fourth-order valence-corrected chi connectivity index (χ4v) is 1.01. The fraction of sp³-hybridized carbons (Fsp3) is 0.125. The van der Waals surface area contributed by atoms with Gasteiger partial charge in [-0.05, 0) is 42.9 Å². The second kappa shape index (κ2) is 3.40. The van der Waals surface area contributed by atoms with Gasteiger partial charge >= 0.3 is 0 Å². The highest BCUT2D eigenvalue weighted by atomic mass is 32.1. The standard InChI is InChI=1S/C8H11N3S/c1-5-4-6(11-8(10)12)2-3-7(5)9/h2-4H,9H2,1H3,(H3,10,11,12). The molecule has 0 fully saturated rings. The quantitative estimate of drug-likeness (QED) is 0.450. The largest absolute Gasteiger partial charge is 0.399 e. The van der Waals surface area contributed by atoms with Crippen LogP contribution in [-0.4, -0.2) is 5.11 Å². The fourth-order valence-electron chi connectivity index (χ4n) is 0.896. The molecule has 1 rings (SSSR count). The highest BCUT2D eigenvalue weighted by Crippen LogP contribution is 2.15. The second-order valence-electron chi connectivity index (χ2n) is 2.56. The number of rotatable bonds is 1. The summed E-state index contributed by atoms with van der Waals surface area (Å²) in [6.45, 7) is 1.93. The normalized spacial score (nSPS) is 9.42. The van der Waals surface area contributed by atoms with Crippen LogP contribution >= 0.6 is 12.2 Å². The van der Waals surface area contributed by atoms with E-state index in [0.717, 1.165) is 16.9 Å². The van der Waals surface area contributed by atoms with Gasteiger partial charge in [0.1, 0.15) is 0 Å². The van der Waals surface area contributed by atoms with Gasteiger partial charge in [-0.25, -0.2) is 0 Å². The second-order valence-corrected chi connectivity index (χ2v) is 3.00. The van der Waals surface area contributed by atoms with Gasteiger partial charge in [0.2, 0.25) is 0 Å². The lowest BCUT2D eigenvalue weighted by Gasteiger charge is -2.05. The number of aryl methyl sites for hydroxylation is 1. The van der Waals surface area contributed by atoms with E-state index < -0.39 is 0 Å². The number of thiocarbonyl (C=S) groups is 1. The van der Waals surface area contributed by atoms with Crippen molar-refractivity contribution < 1.29 is 0 Å². The Morgan fingerprint density at radius 1 is 1.50 bits per heavy atom. The van der Waals surface area contributed by atoms with Crippen LogP contribution in [0.5, 0.6) is 0 Å². The molecule has 0 unspecified atom stereocenters. The van der Waals surface area contributed by atoms with Gasteiger partial charge in [-0.3, -0.25) is 0 Å². The monoisotopic (exact) mass is 181 g/mol. The Hall–Kier alpha value is -1.29. The molecule has 3 nitrogen and oxygen atoms in total. The first-order valence-electron chi connectivity index (χ1n) is 3.52. The molecule has 0 aromatic heterocycles. The van der Waals surface area contributed by atoms with E-state index in [9.17, 15) is 0 Å². The number of benzene rings is 1. The van der Waals surface area contributed by atoms with E-state index in [1.807, 2.05) is 25.1 Å². The van der Waals surface area contributed by atoms with E-state index in [4.69, 9.17) is 11.5 Å². The highest BCUT2D eigenvalue weighted by molar-refractivity contribution is 7.80. The Balaban J connectivity index is 2.89. The lowest BCUT2D eigenvalue weighted by Crippen LogP contribution is -2.18. The number of nitrogen functional groups attached to an aromatic ring is 1. The molecular formula is C8H11N3S. The molecular weight excluding hydrogens is 170 g/mol. The first-order chi connectivity index (χ1) is 5.59.